The summed E-state index contributed by atoms with van der Waals surface area (Å²) < 4.78 is 6.55. The summed E-state index contributed by atoms with van der Waals surface area (Å²) in [4.78, 5) is 39.1. The summed E-state index contributed by atoms with van der Waals surface area (Å²) in [6.07, 6.45) is 4.71. The summed E-state index contributed by atoms with van der Waals surface area (Å²) in [6.45, 7) is 0.970. The van der Waals surface area contributed by atoms with Crippen LogP contribution in [0.25, 0.3) is 5.82 Å². The summed E-state index contributed by atoms with van der Waals surface area (Å²) in [5, 5.41) is 9.27. The number of amides is 2. The number of carbonyl (C=O) groups excluding carboxylic acids is 3. The first-order valence-corrected chi connectivity index (χ1v) is 8.32. The maximum absolute atomic E-state index is 12.0. The third-order valence-corrected chi connectivity index (χ3v) is 3.55. The second-order valence-corrected chi connectivity index (χ2v) is 5.74. The van der Waals surface area contributed by atoms with Crippen molar-refractivity contribution in [2.45, 2.75) is 6.92 Å². The van der Waals surface area contributed by atoms with E-state index in [0.29, 0.717) is 17.2 Å². The topological polar surface area (TPSA) is 115 Å². The summed E-state index contributed by atoms with van der Waals surface area (Å²) in [5.41, 5.74) is 1.35. The molecule has 2 N–H and O–H groups in total. The first-order valence-electron chi connectivity index (χ1n) is 8.32. The number of hydrogen-bond donors (Lipinski definition) is 2. The number of hydrogen-bond acceptors (Lipinski definition) is 6. The number of carbonyl (C=O) groups is 3. The van der Waals surface area contributed by atoms with E-state index in [9.17, 15) is 14.4 Å². The Morgan fingerprint density at radius 1 is 1.04 bits per heavy atom. The van der Waals surface area contributed by atoms with Gasteiger partial charge in [-0.25, -0.2) is 14.5 Å². The van der Waals surface area contributed by atoms with Gasteiger partial charge in [0, 0.05) is 36.9 Å². The van der Waals surface area contributed by atoms with E-state index in [4.69, 9.17) is 4.74 Å². The SMILES string of the molecule is CC(=O)Nc1ccc(NC(=O)COC(=O)c2ccc(-n3cccn3)nc2)cc1. The smallest absolute Gasteiger partial charge is 0.340 e. The van der Waals surface area contributed by atoms with Crippen LogP contribution in [0.4, 0.5) is 11.4 Å². The molecule has 0 bridgehead atoms. The zero-order chi connectivity index (χ0) is 19.9. The van der Waals surface area contributed by atoms with Crippen LogP contribution in [0, 0.1) is 0 Å². The van der Waals surface area contributed by atoms with Crippen LogP contribution in [0.2, 0.25) is 0 Å². The molecule has 0 fully saturated rings. The van der Waals surface area contributed by atoms with Gasteiger partial charge in [-0.1, -0.05) is 0 Å². The van der Waals surface area contributed by atoms with Crippen LogP contribution in [-0.4, -0.2) is 39.2 Å². The van der Waals surface area contributed by atoms with Gasteiger partial charge in [0.05, 0.1) is 5.56 Å². The van der Waals surface area contributed by atoms with Crippen molar-refractivity contribution in [1.29, 1.82) is 0 Å². The second kappa shape index (κ2) is 8.58. The van der Waals surface area contributed by atoms with Crippen molar-refractivity contribution < 1.29 is 19.1 Å². The van der Waals surface area contributed by atoms with Crippen LogP contribution in [-0.2, 0) is 14.3 Å². The number of aromatic nitrogens is 3. The Balaban J connectivity index is 1.50. The van der Waals surface area contributed by atoms with Crippen LogP contribution in [0.5, 0.6) is 0 Å². The molecule has 9 heteroatoms. The minimum Gasteiger partial charge on any atom is -0.452 e. The lowest BCUT2D eigenvalue weighted by molar-refractivity contribution is -0.119. The lowest BCUT2D eigenvalue weighted by Gasteiger charge is -2.08. The number of nitrogens with one attached hydrogen (secondary N) is 2. The normalized spacial score (nSPS) is 10.2. The van der Waals surface area contributed by atoms with Gasteiger partial charge in [0.2, 0.25) is 5.91 Å². The molecule has 0 unspecified atom stereocenters. The van der Waals surface area contributed by atoms with Gasteiger partial charge in [0.25, 0.3) is 5.91 Å². The van der Waals surface area contributed by atoms with Crippen molar-refractivity contribution in [2.24, 2.45) is 0 Å². The molecule has 0 atom stereocenters. The molecule has 1 aromatic carbocycles. The van der Waals surface area contributed by atoms with Gasteiger partial charge in [0.15, 0.2) is 12.4 Å². The Labute approximate surface area is 160 Å². The molecule has 0 saturated carbocycles. The predicted molar refractivity (Wildman–Crippen MR) is 101 cm³/mol. The molecule has 0 spiro atoms. The number of nitrogens with zero attached hydrogens (tertiary/aromatic N) is 3. The molecule has 28 heavy (non-hydrogen) atoms. The minimum absolute atomic E-state index is 0.184. The molecule has 9 nitrogen and oxygen atoms in total. The number of anilines is 2. The molecule has 0 radical (unpaired) electrons. The van der Waals surface area contributed by atoms with E-state index in [-0.39, 0.29) is 11.5 Å². The van der Waals surface area contributed by atoms with E-state index in [1.54, 1.807) is 59.5 Å². The zero-order valence-electron chi connectivity index (χ0n) is 15.0. The fraction of sp³-hybridized carbons (Fsp3) is 0.105. The maximum Gasteiger partial charge on any atom is 0.340 e. The van der Waals surface area contributed by atoms with Crippen molar-refractivity contribution in [3.8, 4) is 5.82 Å². The summed E-state index contributed by atoms with van der Waals surface area (Å²) >= 11 is 0. The van der Waals surface area contributed by atoms with Gasteiger partial charge in [-0.3, -0.25) is 9.59 Å². The fourth-order valence-corrected chi connectivity index (χ4v) is 2.30. The molecular weight excluding hydrogens is 362 g/mol. The van der Waals surface area contributed by atoms with Gasteiger partial charge < -0.3 is 15.4 Å². The van der Waals surface area contributed by atoms with Crippen molar-refractivity contribution in [1.82, 2.24) is 14.8 Å². The average molecular weight is 379 g/mol. The molecule has 142 valence electrons. The monoisotopic (exact) mass is 379 g/mol. The number of rotatable bonds is 6. The van der Waals surface area contributed by atoms with Crippen LogP contribution < -0.4 is 10.6 Å². The largest absolute Gasteiger partial charge is 0.452 e. The highest BCUT2D eigenvalue weighted by molar-refractivity contribution is 5.95. The molecule has 0 aliphatic rings. The molecule has 2 amide bonds. The maximum atomic E-state index is 12.0. The highest BCUT2D eigenvalue weighted by atomic mass is 16.5. The van der Waals surface area contributed by atoms with Crippen molar-refractivity contribution in [3.63, 3.8) is 0 Å². The van der Waals surface area contributed by atoms with Crippen LogP contribution in [0.1, 0.15) is 17.3 Å². The van der Waals surface area contributed by atoms with Gasteiger partial charge in [-0.2, -0.15) is 5.10 Å². The molecule has 0 aliphatic heterocycles. The predicted octanol–water partition coefficient (Wildman–Crippen LogP) is 2.02. The van der Waals surface area contributed by atoms with Gasteiger partial charge in [0.1, 0.15) is 0 Å². The van der Waals surface area contributed by atoms with Crippen LogP contribution in [0.15, 0.2) is 61.1 Å². The quantitative estimate of drug-likeness (QED) is 0.633. The Hall–Kier alpha value is -4.01. The fourth-order valence-electron chi connectivity index (χ4n) is 2.30. The summed E-state index contributed by atoms with van der Waals surface area (Å²) in [6, 6.07) is 11.5. The standard InChI is InChI=1S/C19H17N5O4/c1-13(25)22-15-4-6-16(7-5-15)23-18(26)12-28-19(27)14-3-8-17(20-11-14)24-10-2-9-21-24/h2-11H,12H2,1H3,(H,22,25)(H,23,26). The molecule has 3 rings (SSSR count). The molecule has 3 aromatic rings. The number of ether oxygens (including phenoxy) is 1. The molecule has 0 saturated heterocycles. The lowest BCUT2D eigenvalue weighted by Crippen LogP contribution is -2.21. The number of benzene rings is 1. The van der Waals surface area contributed by atoms with E-state index in [0.717, 1.165) is 0 Å². The third-order valence-electron chi connectivity index (χ3n) is 3.55. The Kier molecular flexibility index (Phi) is 5.75. The van der Waals surface area contributed by atoms with Gasteiger partial charge >= 0.3 is 5.97 Å². The molecular formula is C19H17N5O4. The van der Waals surface area contributed by atoms with Crippen molar-refractivity contribution in [3.05, 3.63) is 66.6 Å². The third kappa shape index (κ3) is 5.01. The Morgan fingerprint density at radius 3 is 2.32 bits per heavy atom. The van der Waals surface area contributed by atoms with E-state index >= 15 is 0 Å². The van der Waals surface area contributed by atoms with Crippen LogP contribution >= 0.6 is 0 Å². The number of pyridine rings is 1. The molecule has 2 aromatic heterocycles. The van der Waals surface area contributed by atoms with Crippen molar-refractivity contribution in [2.75, 3.05) is 17.2 Å². The summed E-state index contributed by atoms with van der Waals surface area (Å²) in [5.74, 6) is -0.768. The Morgan fingerprint density at radius 2 is 1.75 bits per heavy atom. The number of esters is 1. The van der Waals surface area contributed by atoms with E-state index in [2.05, 4.69) is 20.7 Å². The first-order chi connectivity index (χ1) is 13.5. The first kappa shape index (κ1) is 18.8. The molecule has 2 heterocycles. The lowest BCUT2D eigenvalue weighted by atomic mass is 10.2. The van der Waals surface area contributed by atoms with Gasteiger partial charge in [-0.15, -0.1) is 0 Å². The minimum atomic E-state index is -0.657. The van der Waals surface area contributed by atoms with E-state index in [1.807, 2.05) is 0 Å². The van der Waals surface area contributed by atoms with E-state index in [1.165, 1.54) is 13.1 Å². The highest BCUT2D eigenvalue weighted by Gasteiger charge is 2.11. The summed E-state index contributed by atoms with van der Waals surface area (Å²) in [7, 11) is 0. The van der Waals surface area contributed by atoms with Gasteiger partial charge in [-0.05, 0) is 42.5 Å². The van der Waals surface area contributed by atoms with Crippen molar-refractivity contribution >= 4 is 29.2 Å². The van der Waals surface area contributed by atoms with E-state index < -0.39 is 18.5 Å². The second-order valence-electron chi connectivity index (χ2n) is 5.74. The average Bonchev–Trinajstić information content (AvgIpc) is 3.22. The zero-order valence-corrected chi connectivity index (χ0v) is 15.0. The Bertz CT molecular complexity index is 967. The highest BCUT2D eigenvalue weighted by Crippen LogP contribution is 2.13. The van der Waals surface area contributed by atoms with Crippen LogP contribution in [0.3, 0.4) is 0 Å². The molecule has 0 aliphatic carbocycles.